The summed E-state index contributed by atoms with van der Waals surface area (Å²) >= 11 is 0. The molecular weight excluding hydrogens is 185 g/mol. The maximum Gasteiger partial charge on any atom is 0.389 e. The Bertz CT molecular complexity index is 154. The molecule has 0 saturated carbocycles. The van der Waals surface area contributed by atoms with Crippen molar-refractivity contribution in [1.29, 1.82) is 0 Å². The molecule has 0 N–H and O–H groups in total. The molecule has 0 amide bonds. The summed E-state index contributed by atoms with van der Waals surface area (Å²) in [6, 6.07) is 0. The largest absolute Gasteiger partial charge is 0.389 e. The zero-order chi connectivity index (χ0) is 10.3. The first kappa shape index (κ1) is 12.4. The number of rotatable bonds is 6. The van der Waals surface area contributed by atoms with E-state index in [4.69, 9.17) is 0 Å². The monoisotopic (exact) mass is 198 g/mol. The van der Waals surface area contributed by atoms with Crippen molar-refractivity contribution in [2.75, 3.05) is 13.7 Å². The molecule has 0 heterocycles. The summed E-state index contributed by atoms with van der Waals surface area (Å²) in [4.78, 5) is 10.8. The number of carbonyl (C=O) groups excluding carboxylic acids is 1. The van der Waals surface area contributed by atoms with Gasteiger partial charge in [0.1, 0.15) is 5.78 Å². The quantitative estimate of drug-likeness (QED) is 0.612. The predicted octanol–water partition coefficient (Wildman–Crippen LogP) is 2.32. The molecule has 0 aromatic carbocycles. The van der Waals surface area contributed by atoms with Crippen LogP contribution in [0.15, 0.2) is 0 Å². The molecule has 5 heteroatoms. The van der Waals surface area contributed by atoms with E-state index in [0.717, 1.165) is 0 Å². The standard InChI is InChI=1S/C8H13F3O2/c1-13-6-2-3-7(12)4-5-8(9,10)11/h2-6H2,1H3. The van der Waals surface area contributed by atoms with Crippen LogP contribution in [0.2, 0.25) is 0 Å². The molecule has 0 rings (SSSR count). The summed E-state index contributed by atoms with van der Waals surface area (Å²) in [5.74, 6) is -0.352. The molecule has 0 spiro atoms. The van der Waals surface area contributed by atoms with Crippen molar-refractivity contribution < 1.29 is 22.7 Å². The van der Waals surface area contributed by atoms with Crippen molar-refractivity contribution in [3.63, 3.8) is 0 Å². The van der Waals surface area contributed by atoms with Crippen LogP contribution in [-0.4, -0.2) is 25.7 Å². The number of ether oxygens (including phenoxy) is 1. The smallest absolute Gasteiger partial charge is 0.385 e. The first-order chi connectivity index (χ1) is 5.95. The van der Waals surface area contributed by atoms with Crippen molar-refractivity contribution in [2.24, 2.45) is 0 Å². The molecule has 0 aliphatic carbocycles. The molecule has 0 radical (unpaired) electrons. The van der Waals surface area contributed by atoms with Gasteiger partial charge in [-0.1, -0.05) is 0 Å². The number of alkyl halides is 3. The number of Topliss-reactive ketones (excluding diaryl/α,β-unsaturated/α-hetero) is 1. The van der Waals surface area contributed by atoms with Gasteiger partial charge in [-0.15, -0.1) is 0 Å². The van der Waals surface area contributed by atoms with Gasteiger partial charge in [0.15, 0.2) is 0 Å². The van der Waals surface area contributed by atoms with Gasteiger partial charge < -0.3 is 4.74 Å². The third-order valence-corrected chi connectivity index (χ3v) is 1.49. The summed E-state index contributed by atoms with van der Waals surface area (Å²) in [6.07, 6.45) is -4.99. The van der Waals surface area contributed by atoms with Gasteiger partial charge in [-0.25, -0.2) is 0 Å². The minimum atomic E-state index is -4.23. The topological polar surface area (TPSA) is 26.3 Å². The summed E-state index contributed by atoms with van der Waals surface area (Å²) in [5, 5.41) is 0. The Hall–Kier alpha value is -0.580. The molecule has 2 nitrogen and oxygen atoms in total. The van der Waals surface area contributed by atoms with Crippen LogP contribution in [0.5, 0.6) is 0 Å². The molecule has 0 aromatic heterocycles. The number of methoxy groups -OCH3 is 1. The number of ketones is 1. The Morgan fingerprint density at radius 1 is 1.31 bits per heavy atom. The second-order valence-corrected chi connectivity index (χ2v) is 2.75. The maximum atomic E-state index is 11.6. The van der Waals surface area contributed by atoms with Crippen molar-refractivity contribution in [1.82, 2.24) is 0 Å². The first-order valence-electron chi connectivity index (χ1n) is 4.03. The summed E-state index contributed by atoms with van der Waals surface area (Å²) in [7, 11) is 1.49. The molecule has 0 saturated heterocycles. The Kier molecular flexibility index (Phi) is 5.70. The van der Waals surface area contributed by atoms with E-state index < -0.39 is 19.0 Å². The molecule has 78 valence electrons. The molecule has 0 bridgehead atoms. The average Bonchev–Trinajstić information content (AvgIpc) is 2.00. The first-order valence-corrected chi connectivity index (χ1v) is 4.03. The van der Waals surface area contributed by atoms with E-state index in [9.17, 15) is 18.0 Å². The molecular formula is C8H13F3O2. The Morgan fingerprint density at radius 2 is 1.92 bits per heavy atom. The molecule has 0 fully saturated rings. The molecule has 13 heavy (non-hydrogen) atoms. The normalized spacial score (nSPS) is 11.7. The van der Waals surface area contributed by atoms with Gasteiger partial charge in [-0.05, 0) is 6.42 Å². The lowest BCUT2D eigenvalue weighted by Crippen LogP contribution is -2.11. The summed E-state index contributed by atoms with van der Waals surface area (Å²) < 4.78 is 39.5. The molecule has 0 aliphatic rings. The highest BCUT2D eigenvalue weighted by molar-refractivity contribution is 5.78. The van der Waals surface area contributed by atoms with E-state index in [0.29, 0.717) is 13.0 Å². The average molecular weight is 198 g/mol. The number of halogens is 3. The zero-order valence-corrected chi connectivity index (χ0v) is 7.49. The molecule has 0 aliphatic heterocycles. The van der Waals surface area contributed by atoms with E-state index >= 15 is 0 Å². The van der Waals surface area contributed by atoms with Gasteiger partial charge in [0, 0.05) is 26.6 Å². The second-order valence-electron chi connectivity index (χ2n) is 2.75. The van der Waals surface area contributed by atoms with Crippen LogP contribution in [0, 0.1) is 0 Å². The summed E-state index contributed by atoms with van der Waals surface area (Å²) in [5.41, 5.74) is 0. The van der Waals surface area contributed by atoms with Gasteiger partial charge >= 0.3 is 6.18 Å². The van der Waals surface area contributed by atoms with Crippen molar-refractivity contribution >= 4 is 5.78 Å². The highest BCUT2D eigenvalue weighted by Gasteiger charge is 2.27. The van der Waals surface area contributed by atoms with Crippen molar-refractivity contribution in [3.05, 3.63) is 0 Å². The van der Waals surface area contributed by atoms with Crippen LogP contribution in [-0.2, 0) is 9.53 Å². The zero-order valence-electron chi connectivity index (χ0n) is 7.49. The highest BCUT2D eigenvalue weighted by Crippen LogP contribution is 2.21. The third kappa shape index (κ3) is 9.33. The Labute approximate surface area is 75.1 Å². The van der Waals surface area contributed by atoms with E-state index in [1.165, 1.54) is 7.11 Å². The van der Waals surface area contributed by atoms with Crippen molar-refractivity contribution in [2.45, 2.75) is 31.9 Å². The van der Waals surface area contributed by atoms with Gasteiger partial charge in [-0.3, -0.25) is 4.79 Å². The van der Waals surface area contributed by atoms with Crippen LogP contribution in [0.25, 0.3) is 0 Å². The van der Waals surface area contributed by atoms with Crippen LogP contribution >= 0.6 is 0 Å². The molecule has 0 unspecified atom stereocenters. The van der Waals surface area contributed by atoms with Gasteiger partial charge in [-0.2, -0.15) is 13.2 Å². The lowest BCUT2D eigenvalue weighted by Gasteiger charge is -2.04. The van der Waals surface area contributed by atoms with Crippen LogP contribution in [0.3, 0.4) is 0 Å². The number of hydrogen-bond acceptors (Lipinski definition) is 2. The maximum absolute atomic E-state index is 11.6. The minimum absolute atomic E-state index is 0.171. The fourth-order valence-electron chi connectivity index (χ4n) is 0.820. The van der Waals surface area contributed by atoms with Gasteiger partial charge in [0.25, 0.3) is 0 Å². The van der Waals surface area contributed by atoms with Crippen LogP contribution in [0.1, 0.15) is 25.7 Å². The van der Waals surface area contributed by atoms with Crippen LogP contribution in [0.4, 0.5) is 13.2 Å². The summed E-state index contributed by atoms with van der Waals surface area (Å²) in [6.45, 7) is 0.414. The van der Waals surface area contributed by atoms with E-state index in [2.05, 4.69) is 4.74 Å². The Balaban J connectivity index is 3.41. The lowest BCUT2D eigenvalue weighted by molar-refractivity contribution is -0.143. The fourth-order valence-corrected chi connectivity index (χ4v) is 0.820. The molecule has 0 aromatic rings. The highest BCUT2D eigenvalue weighted by atomic mass is 19.4. The minimum Gasteiger partial charge on any atom is -0.385 e. The fraction of sp³-hybridized carbons (Fsp3) is 0.875. The van der Waals surface area contributed by atoms with Crippen LogP contribution < -0.4 is 0 Å². The van der Waals surface area contributed by atoms with Gasteiger partial charge in [0.05, 0.1) is 6.42 Å². The van der Waals surface area contributed by atoms with E-state index in [1.54, 1.807) is 0 Å². The van der Waals surface area contributed by atoms with Crippen molar-refractivity contribution in [3.8, 4) is 0 Å². The molecule has 0 atom stereocenters. The predicted molar refractivity (Wildman–Crippen MR) is 41.4 cm³/mol. The number of hydrogen-bond donors (Lipinski definition) is 0. The third-order valence-electron chi connectivity index (χ3n) is 1.49. The Morgan fingerprint density at radius 3 is 2.38 bits per heavy atom. The SMILES string of the molecule is COCCCC(=O)CCC(F)(F)F. The lowest BCUT2D eigenvalue weighted by atomic mass is 10.1. The van der Waals surface area contributed by atoms with E-state index in [1.807, 2.05) is 0 Å². The van der Waals surface area contributed by atoms with E-state index in [-0.39, 0.29) is 12.2 Å². The second kappa shape index (κ2) is 5.96. The van der Waals surface area contributed by atoms with Gasteiger partial charge in [0.2, 0.25) is 0 Å². The number of carbonyl (C=O) groups is 1.